The van der Waals surface area contributed by atoms with E-state index in [1.165, 1.54) is 13.0 Å². The average Bonchev–Trinajstić information content (AvgIpc) is 3.38. The van der Waals surface area contributed by atoms with Crippen LogP contribution in [0.5, 0.6) is 5.75 Å². The van der Waals surface area contributed by atoms with Gasteiger partial charge < -0.3 is 9.84 Å². The third-order valence-corrected chi connectivity index (χ3v) is 6.28. The Labute approximate surface area is 223 Å². The number of Topliss-reactive ketones (excluding diaryl/α,β-unsaturated/α-hetero) is 1. The molecule has 0 bridgehead atoms. The van der Waals surface area contributed by atoms with E-state index in [0.29, 0.717) is 13.5 Å². The Morgan fingerprint density at radius 2 is 1.94 bits per heavy atom. The number of carbonyl (C=O) groups excluding carboxylic acids is 1. The standard InChI is InChI=1S/C15H22FO.C12H16F2N2O2.Cr/c1-5-7-15(17-6-2)12(4)13-8-11(3)9-14(16)10-13;1-7(17)6-16-10(12(3,13)14)8(18)9(15-16)11(2)4-5-11;/h9-10,12,15H,5-7H2,1-4H3;18H,4-6H2,1-3H3;/q-1;;. The van der Waals surface area contributed by atoms with Crippen LogP contribution < -0.4 is 0 Å². The molecular formula is C27H38CrF3N2O3-. The molecule has 2 aromatic rings. The van der Waals surface area contributed by atoms with Crippen LogP contribution in [0.1, 0.15) is 95.7 Å². The zero-order valence-electron chi connectivity index (χ0n) is 22.3. The van der Waals surface area contributed by atoms with Crippen molar-refractivity contribution in [2.24, 2.45) is 0 Å². The molecular weight excluding hydrogens is 509 g/mol. The molecule has 0 aliphatic heterocycles. The molecule has 3 rings (SSSR count). The van der Waals surface area contributed by atoms with Crippen molar-refractivity contribution in [2.45, 2.75) is 104 Å². The van der Waals surface area contributed by atoms with Gasteiger partial charge in [-0.15, -0.1) is 12.1 Å². The summed E-state index contributed by atoms with van der Waals surface area (Å²) in [6.07, 6.45) is 3.85. The summed E-state index contributed by atoms with van der Waals surface area (Å²) >= 11 is 0. The van der Waals surface area contributed by atoms with E-state index in [1.807, 2.05) is 20.8 Å². The van der Waals surface area contributed by atoms with Crippen molar-refractivity contribution in [2.75, 3.05) is 6.61 Å². The van der Waals surface area contributed by atoms with E-state index in [2.05, 4.69) is 25.0 Å². The summed E-state index contributed by atoms with van der Waals surface area (Å²) in [5.74, 6) is -3.98. The van der Waals surface area contributed by atoms with Gasteiger partial charge in [0.15, 0.2) is 11.5 Å². The third-order valence-electron chi connectivity index (χ3n) is 6.28. The van der Waals surface area contributed by atoms with Crippen molar-refractivity contribution < 1.29 is 45.2 Å². The Morgan fingerprint density at radius 1 is 1.33 bits per heavy atom. The summed E-state index contributed by atoms with van der Waals surface area (Å²) in [4.78, 5) is 11.1. The van der Waals surface area contributed by atoms with E-state index < -0.39 is 17.4 Å². The summed E-state index contributed by atoms with van der Waals surface area (Å²) in [5, 5.41) is 14.0. The Hall–Kier alpha value is -1.82. The molecule has 1 aliphatic carbocycles. The maximum Gasteiger partial charge on any atom is 0.290 e. The zero-order chi connectivity index (χ0) is 26.6. The zero-order valence-corrected chi connectivity index (χ0v) is 23.5. The minimum atomic E-state index is -3.23. The minimum Gasteiger partial charge on any atom is -0.504 e. The van der Waals surface area contributed by atoms with Crippen LogP contribution >= 0.6 is 0 Å². The molecule has 5 nitrogen and oxygen atoms in total. The first kappa shape index (κ1) is 32.2. The quantitative estimate of drug-likeness (QED) is 0.341. The van der Waals surface area contributed by atoms with Gasteiger partial charge in [0.1, 0.15) is 11.4 Å². The molecule has 0 spiro atoms. The molecule has 1 heterocycles. The minimum absolute atomic E-state index is 0. The second-order valence-corrected chi connectivity index (χ2v) is 9.86. The number of aromatic nitrogens is 2. The van der Waals surface area contributed by atoms with Gasteiger partial charge in [0.25, 0.3) is 5.92 Å². The number of aromatic hydroxyl groups is 1. The van der Waals surface area contributed by atoms with Crippen molar-refractivity contribution in [3.63, 3.8) is 0 Å². The van der Waals surface area contributed by atoms with E-state index in [9.17, 15) is 23.1 Å². The number of rotatable bonds is 10. The third kappa shape index (κ3) is 8.36. The Morgan fingerprint density at radius 3 is 2.39 bits per heavy atom. The predicted octanol–water partition coefficient (Wildman–Crippen LogP) is 6.58. The first-order valence-electron chi connectivity index (χ1n) is 12.2. The molecule has 1 aromatic carbocycles. The normalized spacial score (nSPS) is 15.8. The van der Waals surface area contributed by atoms with Crippen molar-refractivity contribution in [1.29, 1.82) is 0 Å². The first-order valence-corrected chi connectivity index (χ1v) is 12.2. The van der Waals surface area contributed by atoms with Crippen LogP contribution in [-0.2, 0) is 44.8 Å². The van der Waals surface area contributed by atoms with Gasteiger partial charge in [-0.25, -0.2) is 4.39 Å². The van der Waals surface area contributed by atoms with Gasteiger partial charge >= 0.3 is 0 Å². The number of benzene rings is 1. The summed E-state index contributed by atoms with van der Waals surface area (Å²) in [6, 6.07) is 6.30. The Bertz CT molecular complexity index is 990. The van der Waals surface area contributed by atoms with Gasteiger partial charge in [0.05, 0.1) is 12.6 Å². The summed E-state index contributed by atoms with van der Waals surface area (Å²) in [5.41, 5.74) is 1.14. The van der Waals surface area contributed by atoms with Gasteiger partial charge in [0.2, 0.25) is 0 Å². The SMILES string of the molecule is CC(=O)Cn1nc(C2(C)CC2)c(O)c1C(C)(F)F.CCCC(OCC)C(C)c1[c-]c(C)cc(F)c1.[Cr]. The molecule has 2 unspecified atom stereocenters. The second-order valence-electron chi connectivity index (χ2n) is 9.86. The molecule has 1 N–H and O–H groups in total. The summed E-state index contributed by atoms with van der Waals surface area (Å²) in [6.45, 7) is 12.4. The molecule has 2 atom stereocenters. The number of hydrogen-bond donors (Lipinski definition) is 1. The van der Waals surface area contributed by atoms with Crippen LogP contribution in [-0.4, -0.2) is 33.4 Å². The fourth-order valence-corrected chi connectivity index (χ4v) is 4.16. The van der Waals surface area contributed by atoms with Crippen LogP contribution in [0, 0.1) is 18.8 Å². The largest absolute Gasteiger partial charge is 0.504 e. The van der Waals surface area contributed by atoms with Gasteiger partial charge in [-0.1, -0.05) is 34.1 Å². The Balaban J connectivity index is 0.000000351. The molecule has 0 amide bonds. The van der Waals surface area contributed by atoms with Crippen molar-refractivity contribution >= 4 is 5.78 Å². The van der Waals surface area contributed by atoms with Crippen LogP contribution in [0.15, 0.2) is 12.1 Å². The number of nitrogens with zero attached hydrogens (tertiary/aromatic N) is 2. The number of hydrogen-bond acceptors (Lipinski definition) is 4. The van der Waals surface area contributed by atoms with E-state index in [4.69, 9.17) is 4.74 Å². The number of carbonyl (C=O) groups is 1. The van der Waals surface area contributed by atoms with Gasteiger partial charge in [0, 0.05) is 42.1 Å². The maximum absolute atomic E-state index is 13.5. The number of alkyl halides is 2. The average molecular weight is 548 g/mol. The number of ether oxygens (including phenoxy) is 1. The number of ketones is 1. The monoisotopic (exact) mass is 547 g/mol. The Kier molecular flexibility index (Phi) is 11.7. The van der Waals surface area contributed by atoms with Crippen molar-refractivity contribution in [3.8, 4) is 5.75 Å². The van der Waals surface area contributed by atoms with Crippen LogP contribution in [0.4, 0.5) is 13.2 Å². The maximum atomic E-state index is 13.5. The molecule has 1 saturated carbocycles. The fraction of sp³-hybridized carbons (Fsp3) is 0.630. The molecule has 1 aliphatic rings. The molecule has 1 aromatic heterocycles. The molecule has 0 saturated heterocycles. The van der Waals surface area contributed by atoms with Crippen molar-refractivity contribution in [1.82, 2.24) is 9.78 Å². The van der Waals surface area contributed by atoms with E-state index in [-0.39, 0.29) is 58.6 Å². The fourth-order valence-electron chi connectivity index (χ4n) is 4.16. The topological polar surface area (TPSA) is 64.4 Å². The van der Waals surface area contributed by atoms with Crippen LogP contribution in [0.2, 0.25) is 0 Å². The van der Waals surface area contributed by atoms with Gasteiger partial charge in [-0.3, -0.25) is 9.48 Å². The number of halogens is 3. The molecule has 1 fully saturated rings. The summed E-state index contributed by atoms with van der Waals surface area (Å²) < 4.78 is 47.1. The number of aryl methyl sites for hydroxylation is 1. The van der Waals surface area contributed by atoms with Crippen molar-refractivity contribution in [3.05, 3.63) is 46.5 Å². The first-order chi connectivity index (χ1) is 16.2. The molecule has 9 heteroatoms. The summed E-state index contributed by atoms with van der Waals surface area (Å²) in [7, 11) is 0. The van der Waals surface area contributed by atoms with E-state index in [1.54, 1.807) is 6.07 Å². The molecule has 202 valence electrons. The smallest absolute Gasteiger partial charge is 0.290 e. The van der Waals surface area contributed by atoms with Gasteiger partial charge in [-0.05, 0) is 39.0 Å². The van der Waals surface area contributed by atoms with E-state index >= 15 is 0 Å². The second kappa shape index (κ2) is 13.1. The van der Waals surface area contributed by atoms with Crippen LogP contribution in [0.25, 0.3) is 0 Å². The predicted molar refractivity (Wildman–Crippen MR) is 129 cm³/mol. The van der Waals surface area contributed by atoms with Gasteiger partial charge in [-0.2, -0.15) is 31.1 Å². The van der Waals surface area contributed by atoms with E-state index in [0.717, 1.165) is 41.5 Å². The van der Waals surface area contributed by atoms with Crippen LogP contribution in [0.3, 0.4) is 0 Å². The molecule has 36 heavy (non-hydrogen) atoms. The molecule has 0 radical (unpaired) electrons.